The minimum atomic E-state index is -1.53. The Morgan fingerprint density at radius 1 is 1.15 bits per heavy atom. The molecule has 2 heterocycles. The summed E-state index contributed by atoms with van der Waals surface area (Å²) >= 11 is 0. The van der Waals surface area contributed by atoms with Crippen LogP contribution in [0.3, 0.4) is 0 Å². The molecule has 0 bridgehead atoms. The fourth-order valence-electron chi connectivity index (χ4n) is 3.25. The van der Waals surface area contributed by atoms with Crippen molar-refractivity contribution in [3.8, 4) is 11.3 Å². The highest BCUT2D eigenvalue weighted by Crippen LogP contribution is 2.38. The topological polar surface area (TPSA) is 37.6 Å². The zero-order chi connectivity index (χ0) is 20.1. The Morgan fingerprint density at radius 3 is 2.41 bits per heavy atom. The number of aromatic nitrogens is 2. The zero-order valence-electron chi connectivity index (χ0n) is 15.8. The monoisotopic (exact) mass is 375 g/mol. The van der Waals surface area contributed by atoms with Gasteiger partial charge in [0.15, 0.2) is 17.5 Å². The first-order valence-electron chi connectivity index (χ1n) is 8.46. The van der Waals surface area contributed by atoms with Gasteiger partial charge >= 0.3 is 0 Å². The van der Waals surface area contributed by atoms with E-state index in [1.165, 1.54) is 18.7 Å². The Balaban J connectivity index is 2.44. The highest BCUT2D eigenvalue weighted by atomic mass is 19.2. The van der Waals surface area contributed by atoms with E-state index >= 15 is 0 Å². The van der Waals surface area contributed by atoms with Gasteiger partial charge in [0.1, 0.15) is 17.2 Å². The molecule has 0 atom stereocenters. The number of halogens is 3. The van der Waals surface area contributed by atoms with Gasteiger partial charge in [-0.2, -0.15) is 0 Å². The van der Waals surface area contributed by atoms with E-state index in [1.54, 1.807) is 28.8 Å². The van der Waals surface area contributed by atoms with E-state index in [0.717, 1.165) is 6.07 Å². The largest absolute Gasteiger partial charge is 0.291 e. The molecule has 0 aliphatic heterocycles. The van der Waals surface area contributed by atoms with Crippen LogP contribution in [0.2, 0.25) is 0 Å². The minimum absolute atomic E-state index is 0.0732. The number of hydrogen-bond acceptors (Lipinski definition) is 2. The number of benzene rings is 1. The van der Waals surface area contributed by atoms with Gasteiger partial charge < -0.3 is 0 Å². The summed E-state index contributed by atoms with van der Waals surface area (Å²) in [4.78, 5) is 18.5. The van der Waals surface area contributed by atoms with Crippen molar-refractivity contribution in [1.82, 2.24) is 9.38 Å². The Labute approximate surface area is 155 Å². The van der Waals surface area contributed by atoms with Gasteiger partial charge in [0.2, 0.25) is 5.91 Å². The lowest BCUT2D eigenvalue weighted by atomic mass is 10.0. The van der Waals surface area contributed by atoms with Crippen LogP contribution in [0.15, 0.2) is 30.5 Å². The predicted molar refractivity (Wildman–Crippen MR) is 98.2 cm³/mol. The molecule has 4 nitrogen and oxygen atoms in total. The quantitative estimate of drug-likeness (QED) is 0.599. The SMILES string of the molecule is CC(=O)N(c1c(-c2cc(F)c(F)c(F)c2C)nc2ccccn12)C(C)(C)C. The van der Waals surface area contributed by atoms with Crippen LogP contribution in [-0.4, -0.2) is 20.8 Å². The van der Waals surface area contributed by atoms with E-state index in [-0.39, 0.29) is 22.7 Å². The van der Waals surface area contributed by atoms with Crippen LogP contribution in [0.1, 0.15) is 33.3 Å². The van der Waals surface area contributed by atoms with Gasteiger partial charge in [-0.25, -0.2) is 18.2 Å². The molecular formula is C20H20F3N3O. The summed E-state index contributed by atoms with van der Waals surface area (Å²) in [5, 5.41) is 0. The number of rotatable bonds is 2. The van der Waals surface area contributed by atoms with Crippen molar-refractivity contribution < 1.29 is 18.0 Å². The van der Waals surface area contributed by atoms with E-state index in [1.807, 2.05) is 20.8 Å². The molecule has 27 heavy (non-hydrogen) atoms. The first-order chi connectivity index (χ1) is 12.5. The summed E-state index contributed by atoms with van der Waals surface area (Å²) in [6.07, 6.45) is 1.72. The third-order valence-corrected chi connectivity index (χ3v) is 4.36. The standard InChI is InChI=1S/C20H20F3N3O/c1-11-13(10-14(21)17(23)16(11)22)18-19(26(12(2)27)20(3,4)5)25-9-7-6-8-15(25)24-18/h6-10H,1-5H3. The van der Waals surface area contributed by atoms with Crippen molar-refractivity contribution in [2.45, 2.75) is 40.2 Å². The molecule has 0 saturated heterocycles. The number of amides is 1. The maximum Gasteiger partial charge on any atom is 0.225 e. The van der Waals surface area contributed by atoms with Gasteiger partial charge in [0, 0.05) is 24.2 Å². The normalized spacial score (nSPS) is 11.9. The molecule has 3 aromatic rings. The smallest absolute Gasteiger partial charge is 0.225 e. The van der Waals surface area contributed by atoms with Crippen molar-refractivity contribution in [2.24, 2.45) is 0 Å². The number of imidazole rings is 1. The van der Waals surface area contributed by atoms with Crippen molar-refractivity contribution in [2.75, 3.05) is 4.90 Å². The summed E-state index contributed by atoms with van der Waals surface area (Å²) < 4.78 is 43.5. The van der Waals surface area contributed by atoms with Gasteiger partial charge in [-0.1, -0.05) is 6.07 Å². The molecule has 0 fully saturated rings. The van der Waals surface area contributed by atoms with Crippen LogP contribution >= 0.6 is 0 Å². The molecule has 0 unspecified atom stereocenters. The van der Waals surface area contributed by atoms with Crippen LogP contribution in [0, 0.1) is 24.4 Å². The Hall–Kier alpha value is -2.83. The fourth-order valence-corrected chi connectivity index (χ4v) is 3.25. The van der Waals surface area contributed by atoms with Crippen LogP contribution in [0.4, 0.5) is 19.0 Å². The molecule has 3 rings (SSSR count). The highest BCUT2D eigenvalue weighted by Gasteiger charge is 2.32. The molecule has 0 aliphatic carbocycles. The summed E-state index contributed by atoms with van der Waals surface area (Å²) in [6, 6.07) is 6.17. The average Bonchev–Trinajstić information content (AvgIpc) is 2.94. The summed E-state index contributed by atoms with van der Waals surface area (Å²) in [7, 11) is 0. The van der Waals surface area contributed by atoms with Gasteiger partial charge in [-0.05, 0) is 51.5 Å². The molecule has 7 heteroatoms. The van der Waals surface area contributed by atoms with E-state index in [9.17, 15) is 18.0 Å². The third-order valence-electron chi connectivity index (χ3n) is 4.36. The van der Waals surface area contributed by atoms with Crippen molar-refractivity contribution in [1.29, 1.82) is 0 Å². The maximum absolute atomic E-state index is 14.2. The number of nitrogens with zero attached hydrogens (tertiary/aromatic N) is 3. The Morgan fingerprint density at radius 2 is 1.81 bits per heavy atom. The average molecular weight is 375 g/mol. The van der Waals surface area contributed by atoms with Crippen molar-refractivity contribution in [3.63, 3.8) is 0 Å². The molecule has 2 aromatic heterocycles. The summed E-state index contributed by atoms with van der Waals surface area (Å²) in [5.41, 5.74) is 0.109. The Bertz CT molecular complexity index is 1050. The minimum Gasteiger partial charge on any atom is -0.291 e. The summed E-state index contributed by atoms with van der Waals surface area (Å²) in [5.74, 6) is -3.98. The molecule has 0 radical (unpaired) electrons. The number of anilines is 1. The van der Waals surface area contributed by atoms with Crippen LogP contribution in [0.5, 0.6) is 0 Å². The number of carbonyl (C=O) groups is 1. The maximum atomic E-state index is 14.2. The first-order valence-corrected chi connectivity index (χ1v) is 8.46. The zero-order valence-corrected chi connectivity index (χ0v) is 15.8. The molecule has 1 amide bonds. The van der Waals surface area contributed by atoms with Crippen LogP contribution in [-0.2, 0) is 4.79 Å². The third kappa shape index (κ3) is 3.07. The van der Waals surface area contributed by atoms with E-state index < -0.39 is 23.0 Å². The first kappa shape index (κ1) is 18.9. The van der Waals surface area contributed by atoms with Gasteiger partial charge in [-0.3, -0.25) is 14.1 Å². The van der Waals surface area contributed by atoms with Gasteiger partial charge in [0.25, 0.3) is 0 Å². The second-order valence-electron chi connectivity index (χ2n) is 7.40. The predicted octanol–water partition coefficient (Wildman–Crippen LogP) is 4.88. The molecule has 0 spiro atoms. The molecular weight excluding hydrogens is 355 g/mol. The second kappa shape index (κ2) is 6.40. The van der Waals surface area contributed by atoms with Crippen LogP contribution < -0.4 is 4.90 Å². The van der Waals surface area contributed by atoms with E-state index in [0.29, 0.717) is 11.5 Å². The lowest BCUT2D eigenvalue weighted by molar-refractivity contribution is -0.117. The van der Waals surface area contributed by atoms with E-state index in [2.05, 4.69) is 4.98 Å². The van der Waals surface area contributed by atoms with E-state index in [4.69, 9.17) is 0 Å². The molecule has 1 aromatic carbocycles. The summed E-state index contributed by atoms with van der Waals surface area (Å²) in [6.45, 7) is 8.31. The number of fused-ring (bicyclic) bond motifs is 1. The number of hydrogen-bond donors (Lipinski definition) is 0. The molecule has 0 saturated carbocycles. The molecule has 142 valence electrons. The second-order valence-corrected chi connectivity index (χ2v) is 7.40. The highest BCUT2D eigenvalue weighted by molar-refractivity contribution is 5.97. The van der Waals surface area contributed by atoms with Gasteiger partial charge in [0.05, 0.1) is 0 Å². The Kier molecular flexibility index (Phi) is 4.49. The molecule has 0 N–H and O–H groups in total. The fraction of sp³-hybridized carbons (Fsp3) is 0.300. The van der Waals surface area contributed by atoms with Gasteiger partial charge in [-0.15, -0.1) is 0 Å². The lowest BCUT2D eigenvalue weighted by Gasteiger charge is -2.35. The number of carbonyl (C=O) groups excluding carboxylic acids is 1. The number of pyridine rings is 1. The van der Waals surface area contributed by atoms with Crippen molar-refractivity contribution >= 4 is 17.4 Å². The van der Waals surface area contributed by atoms with Crippen LogP contribution in [0.25, 0.3) is 16.9 Å². The van der Waals surface area contributed by atoms with Crippen molar-refractivity contribution in [3.05, 3.63) is 53.5 Å². The lowest BCUT2D eigenvalue weighted by Crippen LogP contribution is -2.45. The molecule has 0 aliphatic rings.